The third-order valence-electron chi connectivity index (χ3n) is 7.72. The number of cyclic esters (lactones) is 1. The van der Waals surface area contributed by atoms with Gasteiger partial charge in [-0.1, -0.05) is 6.92 Å². The molecule has 18 heteroatoms. The van der Waals surface area contributed by atoms with E-state index in [0.29, 0.717) is 23.5 Å². The minimum Gasteiger partial charge on any atom is -0.481 e. The number of halogens is 6. The smallest absolute Gasteiger partial charge is 0.421 e. The summed E-state index contributed by atoms with van der Waals surface area (Å²) in [6.07, 6.45) is -9.23. The molecule has 3 aromatic rings. The lowest BCUT2D eigenvalue weighted by atomic mass is 9.92. The number of hydrogen-bond donors (Lipinski definition) is 0. The first kappa shape index (κ1) is 34.2. The number of amides is 3. The molecule has 2 aromatic heterocycles. The summed E-state index contributed by atoms with van der Waals surface area (Å²) in [5, 5.41) is 0. The third-order valence-corrected chi connectivity index (χ3v) is 7.72. The lowest BCUT2D eigenvalue weighted by molar-refractivity contribution is -0.143. The molecule has 0 aliphatic carbocycles. The monoisotopic (exact) mass is 682 g/mol. The first-order chi connectivity index (χ1) is 22.7. The van der Waals surface area contributed by atoms with Gasteiger partial charge in [-0.3, -0.25) is 9.69 Å². The fraction of sp³-hybridized carbons (Fsp3) is 0.400. The Bertz CT molecular complexity index is 1650. The quantitative estimate of drug-likeness (QED) is 0.250. The summed E-state index contributed by atoms with van der Waals surface area (Å²) in [6.45, 7) is 2.38. The molecule has 0 N–H and O–H groups in total. The lowest BCUT2D eigenvalue weighted by Gasteiger charge is -2.43. The van der Waals surface area contributed by atoms with E-state index >= 15 is 0 Å². The molecule has 1 aromatic carbocycles. The van der Waals surface area contributed by atoms with E-state index in [2.05, 4.69) is 15.0 Å². The Morgan fingerprint density at radius 1 is 1.02 bits per heavy atom. The van der Waals surface area contributed by atoms with E-state index in [-0.39, 0.29) is 53.6 Å². The number of benzene rings is 1. The molecule has 0 radical (unpaired) electrons. The number of rotatable bonds is 8. The van der Waals surface area contributed by atoms with Crippen LogP contribution in [0.25, 0.3) is 0 Å². The Kier molecular flexibility index (Phi) is 9.37. The number of nitrogens with zero attached hydrogens (tertiary/aromatic N) is 6. The zero-order valence-electron chi connectivity index (χ0n) is 25.6. The van der Waals surface area contributed by atoms with Gasteiger partial charge < -0.3 is 19.1 Å². The molecule has 3 amide bonds. The van der Waals surface area contributed by atoms with Crippen molar-refractivity contribution in [2.24, 2.45) is 0 Å². The molecule has 0 saturated carbocycles. The molecule has 1 fully saturated rings. The van der Waals surface area contributed by atoms with E-state index < -0.39 is 66.8 Å². The van der Waals surface area contributed by atoms with Crippen molar-refractivity contribution in [1.29, 1.82) is 0 Å². The van der Waals surface area contributed by atoms with Gasteiger partial charge in [0.2, 0.25) is 11.8 Å². The van der Waals surface area contributed by atoms with Crippen molar-refractivity contribution in [1.82, 2.24) is 15.0 Å². The van der Waals surface area contributed by atoms with E-state index in [1.807, 2.05) is 0 Å². The van der Waals surface area contributed by atoms with Gasteiger partial charge in [-0.05, 0) is 49.6 Å². The van der Waals surface area contributed by atoms with E-state index in [1.54, 1.807) is 19.9 Å². The van der Waals surface area contributed by atoms with E-state index in [4.69, 9.17) is 14.2 Å². The van der Waals surface area contributed by atoms with Crippen LogP contribution in [0.3, 0.4) is 0 Å². The minimum absolute atomic E-state index is 0.0257. The van der Waals surface area contributed by atoms with Crippen molar-refractivity contribution in [3.63, 3.8) is 0 Å². The lowest BCUT2D eigenvalue weighted by Crippen LogP contribution is -2.48. The Morgan fingerprint density at radius 3 is 2.19 bits per heavy atom. The highest BCUT2D eigenvalue weighted by atomic mass is 19.4. The number of imide groups is 1. The van der Waals surface area contributed by atoms with Gasteiger partial charge in [0.25, 0.3) is 5.91 Å². The largest absolute Gasteiger partial charge is 0.481 e. The summed E-state index contributed by atoms with van der Waals surface area (Å²) in [5.74, 6) is -0.776. The maximum absolute atomic E-state index is 13.8. The molecule has 0 spiro atoms. The topological polar surface area (TPSA) is 127 Å². The SMILES string of the molecule is CCOC(=O)N1c2ccc(OC)nc2[C@@H](N(Cc2cc(C(F)(F)F)cc(C(F)(F)F)c2)c2ncc(N3C(=O)COC3=O)cn2)C[C@H]1CC. The second-order valence-corrected chi connectivity index (χ2v) is 10.7. The normalized spacial score (nSPS) is 18.0. The van der Waals surface area contributed by atoms with Gasteiger partial charge >= 0.3 is 24.5 Å². The van der Waals surface area contributed by atoms with Crippen molar-refractivity contribution in [2.75, 3.05) is 35.0 Å². The van der Waals surface area contributed by atoms with Gasteiger partial charge in [-0.15, -0.1) is 0 Å². The van der Waals surface area contributed by atoms with Crippen LogP contribution in [-0.2, 0) is 33.2 Å². The fourth-order valence-corrected chi connectivity index (χ4v) is 5.56. The van der Waals surface area contributed by atoms with Crippen LogP contribution in [0, 0.1) is 0 Å². The number of ether oxygens (including phenoxy) is 3. The number of hydrogen-bond acceptors (Lipinski definition) is 10. The summed E-state index contributed by atoms with van der Waals surface area (Å²) >= 11 is 0. The first-order valence-corrected chi connectivity index (χ1v) is 14.5. The Balaban J connectivity index is 1.68. The van der Waals surface area contributed by atoms with Crippen LogP contribution in [0.1, 0.15) is 55.1 Å². The molecule has 48 heavy (non-hydrogen) atoms. The number of fused-ring (bicyclic) bond motifs is 1. The fourth-order valence-electron chi connectivity index (χ4n) is 5.56. The average Bonchev–Trinajstić information content (AvgIpc) is 3.38. The minimum atomic E-state index is -5.10. The number of methoxy groups -OCH3 is 1. The second kappa shape index (κ2) is 13.2. The zero-order valence-corrected chi connectivity index (χ0v) is 25.6. The van der Waals surface area contributed by atoms with Gasteiger partial charge in [0.1, 0.15) is 0 Å². The summed E-state index contributed by atoms with van der Waals surface area (Å²) in [4.78, 5) is 53.9. The van der Waals surface area contributed by atoms with E-state index in [1.165, 1.54) is 23.0 Å². The van der Waals surface area contributed by atoms with Gasteiger partial charge in [0.15, 0.2) is 6.61 Å². The third kappa shape index (κ3) is 6.77. The first-order valence-electron chi connectivity index (χ1n) is 14.5. The van der Waals surface area contributed by atoms with Crippen molar-refractivity contribution >= 4 is 35.4 Å². The number of alkyl halides is 6. The van der Waals surface area contributed by atoms with Gasteiger partial charge in [0, 0.05) is 18.7 Å². The molecule has 0 unspecified atom stereocenters. The Hall–Kier alpha value is -5.16. The van der Waals surface area contributed by atoms with Gasteiger partial charge in [-0.2, -0.15) is 26.3 Å². The van der Waals surface area contributed by atoms with Gasteiger partial charge in [0.05, 0.1) is 60.3 Å². The predicted molar refractivity (Wildman–Crippen MR) is 155 cm³/mol. The maximum Gasteiger partial charge on any atom is 0.421 e. The number of carbonyl (C=O) groups is 3. The molecule has 256 valence electrons. The van der Waals surface area contributed by atoms with Crippen LogP contribution in [0.5, 0.6) is 5.88 Å². The Labute approximate surface area is 269 Å². The van der Waals surface area contributed by atoms with Crippen LogP contribution in [0.15, 0.2) is 42.7 Å². The van der Waals surface area contributed by atoms with E-state index in [0.717, 1.165) is 12.4 Å². The van der Waals surface area contributed by atoms with E-state index in [9.17, 15) is 40.7 Å². The molecule has 4 heterocycles. The molecular weight excluding hydrogens is 654 g/mol. The van der Waals surface area contributed by atoms with Crippen LogP contribution >= 0.6 is 0 Å². The predicted octanol–water partition coefficient (Wildman–Crippen LogP) is 6.29. The molecule has 2 aliphatic rings. The summed E-state index contributed by atoms with van der Waals surface area (Å²) in [5.41, 5.74) is -3.04. The van der Waals surface area contributed by atoms with Gasteiger partial charge in [-0.25, -0.2) is 29.4 Å². The summed E-state index contributed by atoms with van der Waals surface area (Å²) in [6, 6.07) is 2.75. The highest BCUT2D eigenvalue weighted by Crippen LogP contribution is 2.44. The molecule has 0 bridgehead atoms. The summed E-state index contributed by atoms with van der Waals surface area (Å²) in [7, 11) is 1.34. The number of carbonyl (C=O) groups excluding carboxylic acids is 3. The second-order valence-electron chi connectivity index (χ2n) is 10.7. The molecule has 5 rings (SSSR count). The van der Waals surface area contributed by atoms with Crippen LogP contribution in [-0.4, -0.2) is 59.4 Å². The average molecular weight is 683 g/mol. The standard InChI is InChI=1S/C30H28F6N6O6/c1-4-19-11-22(25-21(6-7-23(39-25)46-3)41(19)27(44)47-5-2)40(26-37-12-20(13-38-26)42-24(43)15-48-28(42)45)14-16-8-17(29(31,32)33)10-18(9-16)30(34,35)36/h6-10,12-13,19,22H,4-5,11,14-15H2,1-3H3/t19-,22+/m1/s1. The van der Waals surface area contributed by atoms with Crippen LogP contribution in [0.2, 0.25) is 0 Å². The molecule has 2 aliphatic heterocycles. The Morgan fingerprint density at radius 2 is 1.67 bits per heavy atom. The maximum atomic E-state index is 13.8. The molecule has 2 atom stereocenters. The molecule has 12 nitrogen and oxygen atoms in total. The van der Waals surface area contributed by atoms with Crippen LogP contribution < -0.4 is 19.4 Å². The number of pyridine rings is 1. The summed E-state index contributed by atoms with van der Waals surface area (Å²) < 4.78 is 98.2. The van der Waals surface area contributed by atoms with Crippen molar-refractivity contribution < 1.29 is 54.9 Å². The highest BCUT2D eigenvalue weighted by molar-refractivity contribution is 6.16. The van der Waals surface area contributed by atoms with Crippen molar-refractivity contribution in [3.8, 4) is 5.88 Å². The highest BCUT2D eigenvalue weighted by Gasteiger charge is 2.42. The number of anilines is 3. The number of aromatic nitrogens is 3. The zero-order chi connectivity index (χ0) is 35.0. The molecule has 1 saturated heterocycles. The van der Waals surface area contributed by atoms with Crippen molar-refractivity contribution in [2.45, 2.75) is 57.7 Å². The molecular formula is C30H28F6N6O6. The van der Waals surface area contributed by atoms with Crippen LogP contribution in [0.4, 0.5) is 53.3 Å². The van der Waals surface area contributed by atoms with Crippen molar-refractivity contribution in [3.05, 3.63) is 65.1 Å².